The van der Waals surface area contributed by atoms with E-state index < -0.39 is 29.9 Å². The summed E-state index contributed by atoms with van der Waals surface area (Å²) in [5, 5.41) is 15.9. The van der Waals surface area contributed by atoms with Gasteiger partial charge in [0.05, 0.1) is 22.2 Å². The number of nitrogens with one attached hydrogen (secondary N) is 2. The zero-order valence-electron chi connectivity index (χ0n) is 21.1. The summed E-state index contributed by atoms with van der Waals surface area (Å²) in [5.74, 6) is -0.675. The summed E-state index contributed by atoms with van der Waals surface area (Å²) in [7, 11) is 0. The largest absolute Gasteiger partial charge is 0.444 e. The lowest BCUT2D eigenvalue weighted by Crippen LogP contribution is -2.54. The molecular weight excluding hydrogens is 480 g/mol. The van der Waals surface area contributed by atoms with Crippen LogP contribution in [0.2, 0.25) is 0 Å². The molecule has 1 saturated carbocycles. The van der Waals surface area contributed by atoms with Gasteiger partial charge >= 0.3 is 6.09 Å². The fourth-order valence-corrected chi connectivity index (χ4v) is 5.20. The van der Waals surface area contributed by atoms with E-state index in [1.807, 2.05) is 36.7 Å². The van der Waals surface area contributed by atoms with Crippen LogP contribution < -0.4 is 10.6 Å². The standard InChI is InChI=1S/C26H34N4O5S/c1-15-22(36-14-28-15)18-7-5-16(6-8-18)12-27-23(32)20-11-19(31)13-30(20)24(33)21(17-9-10-17)29-25(34)35-26(2,3)4/h5-8,14,17,19-21,31H,9-13H2,1-4H3,(H,27,32)(H,29,34)/t19-,20+,21+/m1/s1. The van der Waals surface area contributed by atoms with E-state index in [1.165, 1.54) is 4.90 Å². The first-order valence-electron chi connectivity index (χ1n) is 12.3. The Labute approximate surface area is 215 Å². The van der Waals surface area contributed by atoms with E-state index in [0.29, 0.717) is 6.54 Å². The predicted octanol–water partition coefficient (Wildman–Crippen LogP) is 3.00. The van der Waals surface area contributed by atoms with Gasteiger partial charge in [0.15, 0.2) is 0 Å². The summed E-state index contributed by atoms with van der Waals surface area (Å²) in [6.45, 7) is 7.60. The summed E-state index contributed by atoms with van der Waals surface area (Å²) in [6.07, 6.45) is 0.330. The number of nitrogens with zero attached hydrogens (tertiary/aromatic N) is 2. The van der Waals surface area contributed by atoms with E-state index in [-0.39, 0.29) is 30.7 Å². The van der Waals surface area contributed by atoms with Gasteiger partial charge in [-0.1, -0.05) is 24.3 Å². The highest BCUT2D eigenvalue weighted by Crippen LogP contribution is 2.35. The molecule has 2 fully saturated rings. The third-order valence-electron chi connectivity index (χ3n) is 6.32. The third-order valence-corrected chi connectivity index (χ3v) is 7.30. The Morgan fingerprint density at radius 2 is 1.92 bits per heavy atom. The Bertz CT molecular complexity index is 1110. The second-order valence-electron chi connectivity index (χ2n) is 10.5. The molecular formula is C26H34N4O5S. The number of carbonyl (C=O) groups is 3. The lowest BCUT2D eigenvalue weighted by Gasteiger charge is -2.29. The summed E-state index contributed by atoms with van der Waals surface area (Å²) in [6, 6.07) is 6.33. The molecule has 36 heavy (non-hydrogen) atoms. The second kappa shape index (κ2) is 10.6. The average Bonchev–Trinajstić information content (AvgIpc) is 3.44. The molecule has 10 heteroatoms. The van der Waals surface area contributed by atoms with Crippen LogP contribution in [0.25, 0.3) is 10.4 Å². The van der Waals surface area contributed by atoms with Crippen LogP contribution in [0.3, 0.4) is 0 Å². The Hall–Kier alpha value is -2.98. The minimum atomic E-state index is -0.798. The van der Waals surface area contributed by atoms with Crippen molar-refractivity contribution in [2.75, 3.05) is 6.54 Å². The minimum Gasteiger partial charge on any atom is -0.444 e. The van der Waals surface area contributed by atoms with Crippen molar-refractivity contribution in [3.8, 4) is 10.4 Å². The molecule has 0 unspecified atom stereocenters. The molecule has 1 aliphatic heterocycles. The van der Waals surface area contributed by atoms with Crippen LogP contribution in [-0.4, -0.2) is 63.2 Å². The maximum absolute atomic E-state index is 13.4. The Morgan fingerprint density at radius 1 is 1.22 bits per heavy atom. The highest BCUT2D eigenvalue weighted by Gasteiger charge is 2.46. The SMILES string of the molecule is Cc1ncsc1-c1ccc(CNC(=O)[C@@H]2C[C@@H](O)CN2C(=O)[C@@H](NC(=O)OC(C)(C)C)C2CC2)cc1. The molecule has 0 spiro atoms. The Kier molecular flexibility index (Phi) is 7.65. The van der Waals surface area contributed by atoms with Crippen LogP contribution in [0.15, 0.2) is 29.8 Å². The van der Waals surface area contributed by atoms with E-state index >= 15 is 0 Å². The van der Waals surface area contributed by atoms with Gasteiger partial charge in [-0.3, -0.25) is 9.59 Å². The number of β-amino-alcohol motifs (C(OH)–C–C–N with tert-alkyl or cyclic N) is 1. The number of hydrogen-bond acceptors (Lipinski definition) is 7. The highest BCUT2D eigenvalue weighted by molar-refractivity contribution is 7.13. The number of amides is 3. The number of benzene rings is 1. The van der Waals surface area contributed by atoms with E-state index in [2.05, 4.69) is 15.6 Å². The number of ether oxygens (including phenoxy) is 1. The monoisotopic (exact) mass is 514 g/mol. The summed E-state index contributed by atoms with van der Waals surface area (Å²) < 4.78 is 5.33. The van der Waals surface area contributed by atoms with E-state index in [4.69, 9.17) is 4.74 Å². The molecule has 4 rings (SSSR count). The van der Waals surface area contributed by atoms with Gasteiger partial charge in [-0.15, -0.1) is 11.3 Å². The number of aromatic nitrogens is 1. The molecule has 1 saturated heterocycles. The number of aliphatic hydroxyl groups excluding tert-OH is 1. The summed E-state index contributed by atoms with van der Waals surface area (Å²) in [4.78, 5) is 45.6. The fourth-order valence-electron chi connectivity index (χ4n) is 4.39. The number of rotatable bonds is 7. The topological polar surface area (TPSA) is 121 Å². The molecule has 2 heterocycles. The Balaban J connectivity index is 1.38. The zero-order chi connectivity index (χ0) is 26.0. The second-order valence-corrected chi connectivity index (χ2v) is 11.4. The van der Waals surface area contributed by atoms with E-state index in [0.717, 1.165) is 34.5 Å². The molecule has 194 valence electrons. The molecule has 3 amide bonds. The van der Waals surface area contributed by atoms with Crippen LogP contribution in [0.1, 0.15) is 51.3 Å². The van der Waals surface area contributed by atoms with Gasteiger partial charge in [-0.2, -0.15) is 0 Å². The van der Waals surface area contributed by atoms with Crippen molar-refractivity contribution in [2.24, 2.45) is 5.92 Å². The number of thiazole rings is 1. The number of aliphatic hydroxyl groups is 1. The van der Waals surface area contributed by atoms with Crippen LogP contribution >= 0.6 is 11.3 Å². The number of aryl methyl sites for hydroxylation is 1. The molecule has 1 aromatic heterocycles. The average molecular weight is 515 g/mol. The fraction of sp³-hybridized carbons (Fsp3) is 0.538. The molecule has 1 aromatic carbocycles. The smallest absolute Gasteiger partial charge is 0.408 e. The van der Waals surface area contributed by atoms with Crippen LogP contribution in [0, 0.1) is 12.8 Å². The van der Waals surface area contributed by atoms with Crippen LogP contribution in [-0.2, 0) is 20.9 Å². The van der Waals surface area contributed by atoms with E-state index in [9.17, 15) is 19.5 Å². The van der Waals surface area contributed by atoms with Gasteiger partial charge in [0.25, 0.3) is 0 Å². The number of alkyl carbamates (subject to hydrolysis) is 1. The Morgan fingerprint density at radius 3 is 2.50 bits per heavy atom. The molecule has 2 aromatic rings. The van der Waals surface area contributed by atoms with Crippen LogP contribution in [0.4, 0.5) is 4.79 Å². The normalized spacial score (nSPS) is 20.6. The van der Waals surface area contributed by atoms with Crippen molar-refractivity contribution in [3.05, 3.63) is 41.0 Å². The molecule has 9 nitrogen and oxygen atoms in total. The molecule has 2 aliphatic rings. The molecule has 3 N–H and O–H groups in total. The van der Waals surface area contributed by atoms with Crippen molar-refractivity contribution in [2.45, 2.75) is 77.3 Å². The lowest BCUT2D eigenvalue weighted by atomic mass is 10.1. The third kappa shape index (κ3) is 6.41. The number of hydrogen-bond donors (Lipinski definition) is 3. The first-order valence-corrected chi connectivity index (χ1v) is 13.1. The zero-order valence-corrected chi connectivity index (χ0v) is 21.9. The van der Waals surface area contributed by atoms with E-state index in [1.54, 1.807) is 32.1 Å². The van der Waals surface area contributed by atoms with Crippen LogP contribution in [0.5, 0.6) is 0 Å². The first kappa shape index (κ1) is 26.1. The van der Waals surface area contributed by atoms with Gasteiger partial charge in [0.1, 0.15) is 17.7 Å². The quantitative estimate of drug-likeness (QED) is 0.522. The van der Waals surface area contributed by atoms with Gasteiger partial charge < -0.3 is 25.4 Å². The summed E-state index contributed by atoms with van der Waals surface area (Å²) >= 11 is 1.59. The predicted molar refractivity (Wildman–Crippen MR) is 136 cm³/mol. The molecule has 0 radical (unpaired) electrons. The van der Waals surface area contributed by atoms with Gasteiger partial charge in [0.2, 0.25) is 11.8 Å². The van der Waals surface area contributed by atoms with Crippen molar-refractivity contribution in [3.63, 3.8) is 0 Å². The van der Waals surface area contributed by atoms with Crippen molar-refractivity contribution in [1.29, 1.82) is 0 Å². The highest BCUT2D eigenvalue weighted by atomic mass is 32.1. The van der Waals surface area contributed by atoms with Crippen molar-refractivity contribution in [1.82, 2.24) is 20.5 Å². The van der Waals surface area contributed by atoms with Gasteiger partial charge in [0, 0.05) is 19.5 Å². The lowest BCUT2D eigenvalue weighted by molar-refractivity contribution is -0.140. The molecule has 1 aliphatic carbocycles. The number of carbonyl (C=O) groups excluding carboxylic acids is 3. The maximum Gasteiger partial charge on any atom is 0.408 e. The van der Waals surface area contributed by atoms with Gasteiger partial charge in [-0.25, -0.2) is 9.78 Å². The number of likely N-dealkylation sites (tertiary alicyclic amines) is 1. The van der Waals surface area contributed by atoms with Gasteiger partial charge in [-0.05, 0) is 57.6 Å². The van der Waals surface area contributed by atoms with Crippen molar-refractivity contribution < 1.29 is 24.2 Å². The maximum atomic E-state index is 13.4. The van der Waals surface area contributed by atoms with Crippen molar-refractivity contribution >= 4 is 29.2 Å². The molecule has 0 bridgehead atoms. The molecule has 3 atom stereocenters. The summed E-state index contributed by atoms with van der Waals surface area (Å²) in [5.41, 5.74) is 4.11. The first-order chi connectivity index (χ1) is 17.0. The minimum absolute atomic E-state index is 0.00664.